The molecule has 1 saturated carbocycles. The van der Waals surface area contributed by atoms with Gasteiger partial charge in [0.2, 0.25) is 5.91 Å². The van der Waals surface area contributed by atoms with Gasteiger partial charge in [-0.05, 0) is 79.3 Å². The second-order valence-electron chi connectivity index (χ2n) is 9.46. The van der Waals surface area contributed by atoms with Crippen molar-refractivity contribution in [2.24, 2.45) is 11.3 Å². The smallest absolute Gasteiger partial charge is 0.253 e. The number of amides is 2. The number of furan rings is 1. The zero-order valence-electron chi connectivity index (χ0n) is 19.3. The van der Waals surface area contributed by atoms with E-state index in [9.17, 15) is 9.59 Å². The van der Waals surface area contributed by atoms with Crippen molar-refractivity contribution < 1.29 is 14.0 Å². The van der Waals surface area contributed by atoms with Gasteiger partial charge in [-0.2, -0.15) is 5.10 Å². The molecular formula is C28H26N4O3. The third-order valence-electron chi connectivity index (χ3n) is 7.37. The average Bonchev–Trinajstić information content (AvgIpc) is 3.31. The van der Waals surface area contributed by atoms with Crippen LogP contribution in [0.25, 0.3) is 17.0 Å². The van der Waals surface area contributed by atoms with Crippen molar-refractivity contribution in [1.82, 2.24) is 14.7 Å². The molecule has 2 aromatic heterocycles. The van der Waals surface area contributed by atoms with Crippen LogP contribution in [0, 0.1) is 11.3 Å². The zero-order chi connectivity index (χ0) is 23.8. The summed E-state index contributed by atoms with van der Waals surface area (Å²) < 4.78 is 7.25. The van der Waals surface area contributed by atoms with Gasteiger partial charge in [0, 0.05) is 48.2 Å². The maximum atomic E-state index is 13.1. The molecular weight excluding hydrogens is 440 g/mol. The number of nitrogens with zero attached hydrogens (tertiary/aromatic N) is 3. The molecule has 0 bridgehead atoms. The Balaban J connectivity index is 1.05. The van der Waals surface area contributed by atoms with Crippen LogP contribution < -0.4 is 5.32 Å². The van der Waals surface area contributed by atoms with Gasteiger partial charge in [0.25, 0.3) is 5.91 Å². The minimum atomic E-state index is 0.00724. The number of anilines is 1. The first-order chi connectivity index (χ1) is 17.1. The number of likely N-dealkylation sites (tertiary alicyclic amines) is 1. The second kappa shape index (κ2) is 8.58. The molecule has 1 atom stereocenters. The van der Waals surface area contributed by atoms with Crippen LogP contribution in [-0.2, 0) is 4.79 Å². The molecule has 6 rings (SSSR count). The fraction of sp³-hybridized carbons (Fsp3) is 0.250. The zero-order valence-corrected chi connectivity index (χ0v) is 19.3. The Morgan fingerprint density at radius 2 is 1.83 bits per heavy atom. The predicted octanol–water partition coefficient (Wildman–Crippen LogP) is 5.01. The molecule has 2 fully saturated rings. The minimum Gasteiger partial charge on any atom is -0.464 e. The van der Waals surface area contributed by atoms with E-state index in [-0.39, 0.29) is 23.1 Å². The molecule has 1 aliphatic carbocycles. The van der Waals surface area contributed by atoms with Crippen molar-refractivity contribution in [3.8, 4) is 17.0 Å². The highest BCUT2D eigenvalue weighted by atomic mass is 16.3. The summed E-state index contributed by atoms with van der Waals surface area (Å²) in [5.41, 5.74) is 3.32. The van der Waals surface area contributed by atoms with Crippen LogP contribution >= 0.6 is 0 Å². The average molecular weight is 467 g/mol. The molecule has 1 aliphatic heterocycles. The van der Waals surface area contributed by atoms with E-state index >= 15 is 0 Å². The monoisotopic (exact) mass is 466 g/mol. The highest BCUT2D eigenvalue weighted by Crippen LogP contribution is 2.59. The largest absolute Gasteiger partial charge is 0.464 e. The van der Waals surface area contributed by atoms with Crippen molar-refractivity contribution >= 4 is 17.5 Å². The lowest BCUT2D eigenvalue weighted by molar-refractivity contribution is -0.118. The van der Waals surface area contributed by atoms with Crippen LogP contribution in [0.2, 0.25) is 0 Å². The van der Waals surface area contributed by atoms with Crippen molar-refractivity contribution in [1.29, 1.82) is 0 Å². The first-order valence-electron chi connectivity index (χ1n) is 12.0. The molecule has 4 aromatic rings. The molecule has 3 heterocycles. The van der Waals surface area contributed by atoms with Gasteiger partial charge in [-0.1, -0.05) is 12.1 Å². The molecule has 2 aromatic carbocycles. The van der Waals surface area contributed by atoms with Gasteiger partial charge in [-0.15, -0.1) is 0 Å². The van der Waals surface area contributed by atoms with E-state index in [0.717, 1.165) is 42.0 Å². The highest BCUT2D eigenvalue weighted by Gasteiger charge is 2.58. The predicted molar refractivity (Wildman–Crippen MR) is 132 cm³/mol. The van der Waals surface area contributed by atoms with Crippen molar-refractivity contribution in [3.63, 3.8) is 0 Å². The van der Waals surface area contributed by atoms with Crippen LogP contribution in [0.3, 0.4) is 0 Å². The van der Waals surface area contributed by atoms with Gasteiger partial charge in [0.05, 0.1) is 12.0 Å². The Bertz CT molecular complexity index is 1340. The number of benzene rings is 2. The standard InChI is InChI=1S/C28H26N4O3/c33-26(30-22-7-9-23(10-8-22)32-14-3-13-29-32)24-19-28(24)11-15-31(16-12-28)27(34)21-5-1-4-20(18-21)25-6-2-17-35-25/h1-10,13-14,17-18,24H,11-12,15-16,19H2,(H,30,33). The van der Waals surface area contributed by atoms with E-state index in [0.29, 0.717) is 18.7 Å². The molecule has 1 N–H and O–H groups in total. The Kier molecular flexibility index (Phi) is 5.25. The lowest BCUT2D eigenvalue weighted by atomic mass is 9.90. The Hall–Kier alpha value is -4.13. The van der Waals surface area contributed by atoms with Crippen LogP contribution in [-0.4, -0.2) is 39.6 Å². The van der Waals surface area contributed by atoms with Gasteiger partial charge < -0.3 is 14.6 Å². The number of carbonyl (C=O) groups excluding carboxylic acids is 2. The second-order valence-corrected chi connectivity index (χ2v) is 9.46. The number of hydrogen-bond donors (Lipinski definition) is 1. The molecule has 1 unspecified atom stereocenters. The molecule has 176 valence electrons. The lowest BCUT2D eigenvalue weighted by Crippen LogP contribution is -2.40. The van der Waals surface area contributed by atoms with E-state index in [4.69, 9.17) is 4.42 Å². The number of hydrogen-bond acceptors (Lipinski definition) is 4. The van der Waals surface area contributed by atoms with Crippen LogP contribution in [0.1, 0.15) is 29.6 Å². The molecule has 2 aliphatic rings. The molecule has 2 amide bonds. The SMILES string of the molecule is O=C(Nc1ccc(-n2cccn2)cc1)C1CC12CCN(C(=O)c1cccc(-c3ccco3)c1)CC2. The Labute approximate surface area is 203 Å². The summed E-state index contributed by atoms with van der Waals surface area (Å²) in [5.74, 6) is 0.864. The summed E-state index contributed by atoms with van der Waals surface area (Å²) in [6, 6.07) is 20.9. The van der Waals surface area contributed by atoms with E-state index in [1.165, 1.54) is 0 Å². The summed E-state index contributed by atoms with van der Waals surface area (Å²) in [6.07, 6.45) is 7.85. The normalized spacial score (nSPS) is 18.4. The molecule has 35 heavy (non-hydrogen) atoms. The summed E-state index contributed by atoms with van der Waals surface area (Å²) in [6.45, 7) is 1.35. The van der Waals surface area contributed by atoms with Crippen molar-refractivity contribution in [2.75, 3.05) is 18.4 Å². The lowest BCUT2D eigenvalue weighted by Gasteiger charge is -2.33. The van der Waals surface area contributed by atoms with Crippen molar-refractivity contribution in [3.05, 3.63) is 91.0 Å². The minimum absolute atomic E-state index is 0.00724. The fourth-order valence-electron chi connectivity index (χ4n) is 5.21. The Morgan fingerprint density at radius 3 is 2.54 bits per heavy atom. The first-order valence-corrected chi connectivity index (χ1v) is 12.0. The fourth-order valence-corrected chi connectivity index (χ4v) is 5.21. The van der Waals surface area contributed by atoms with E-state index in [2.05, 4.69) is 10.4 Å². The number of piperidine rings is 1. The molecule has 0 radical (unpaired) electrons. The third-order valence-corrected chi connectivity index (χ3v) is 7.37. The van der Waals surface area contributed by atoms with Gasteiger partial charge in [-0.25, -0.2) is 4.68 Å². The topological polar surface area (TPSA) is 80.4 Å². The number of aromatic nitrogens is 2. The molecule has 7 heteroatoms. The number of rotatable bonds is 5. The van der Waals surface area contributed by atoms with E-state index < -0.39 is 0 Å². The summed E-state index contributed by atoms with van der Waals surface area (Å²) >= 11 is 0. The van der Waals surface area contributed by atoms with Gasteiger partial charge >= 0.3 is 0 Å². The first kappa shape index (κ1) is 21.4. The quantitative estimate of drug-likeness (QED) is 0.448. The third kappa shape index (κ3) is 4.14. The summed E-state index contributed by atoms with van der Waals surface area (Å²) in [4.78, 5) is 28.0. The van der Waals surface area contributed by atoms with Crippen molar-refractivity contribution in [2.45, 2.75) is 19.3 Å². The van der Waals surface area contributed by atoms with E-state index in [1.54, 1.807) is 17.1 Å². The summed E-state index contributed by atoms with van der Waals surface area (Å²) in [7, 11) is 0. The molecule has 1 saturated heterocycles. The van der Waals surface area contributed by atoms with E-state index in [1.807, 2.05) is 77.8 Å². The van der Waals surface area contributed by atoms with Crippen LogP contribution in [0.5, 0.6) is 0 Å². The maximum Gasteiger partial charge on any atom is 0.253 e. The molecule has 1 spiro atoms. The van der Waals surface area contributed by atoms with Crippen LogP contribution in [0.4, 0.5) is 5.69 Å². The maximum absolute atomic E-state index is 13.1. The van der Waals surface area contributed by atoms with Gasteiger partial charge in [0.1, 0.15) is 5.76 Å². The molecule has 7 nitrogen and oxygen atoms in total. The van der Waals surface area contributed by atoms with Gasteiger partial charge in [0.15, 0.2) is 0 Å². The van der Waals surface area contributed by atoms with Crippen LogP contribution in [0.15, 0.2) is 89.8 Å². The number of carbonyl (C=O) groups is 2. The number of nitrogens with one attached hydrogen (secondary N) is 1. The summed E-state index contributed by atoms with van der Waals surface area (Å²) in [5, 5.41) is 7.29. The Morgan fingerprint density at radius 1 is 1.00 bits per heavy atom. The van der Waals surface area contributed by atoms with Gasteiger partial charge in [-0.3, -0.25) is 9.59 Å². The highest BCUT2D eigenvalue weighted by molar-refractivity contribution is 5.96.